The van der Waals surface area contributed by atoms with Gasteiger partial charge in [0.25, 0.3) is 0 Å². The van der Waals surface area contributed by atoms with E-state index in [0.29, 0.717) is 23.5 Å². The van der Waals surface area contributed by atoms with Gasteiger partial charge in [-0.1, -0.05) is 0 Å². The van der Waals surface area contributed by atoms with Crippen molar-refractivity contribution in [1.82, 2.24) is 0 Å². The van der Waals surface area contributed by atoms with Crippen LogP contribution in [0.4, 0.5) is 0 Å². The first-order valence-electron chi connectivity index (χ1n) is 8.92. The van der Waals surface area contributed by atoms with E-state index in [-0.39, 0.29) is 41.1 Å². The lowest BCUT2D eigenvalue weighted by molar-refractivity contribution is -0.0229. The van der Waals surface area contributed by atoms with Gasteiger partial charge >= 0.3 is 0 Å². The number of methoxy groups -OCH3 is 1. The number of guanidine groups is 1. The minimum Gasteiger partial charge on any atom is -0.495 e. The SMILES string of the molecule is COc1c2c(cc3oc([C@H](O)CCN=C(N)N)cc(=O)c13)O[C@@H](C(C)(C)O)C2. The molecule has 0 amide bonds. The van der Waals surface area contributed by atoms with E-state index in [0.717, 1.165) is 0 Å². The van der Waals surface area contributed by atoms with E-state index in [2.05, 4.69) is 4.99 Å². The maximum atomic E-state index is 12.7. The number of aliphatic hydroxyl groups excluding tert-OH is 1. The fourth-order valence-electron chi connectivity index (χ4n) is 3.25. The molecule has 152 valence electrons. The zero-order valence-corrected chi connectivity index (χ0v) is 16.1. The average Bonchev–Trinajstić information content (AvgIpc) is 3.03. The summed E-state index contributed by atoms with van der Waals surface area (Å²) in [5.74, 6) is 0.856. The van der Waals surface area contributed by atoms with Gasteiger partial charge in [-0.25, -0.2) is 0 Å². The zero-order chi connectivity index (χ0) is 20.6. The largest absolute Gasteiger partial charge is 0.495 e. The molecule has 2 heterocycles. The molecular formula is C19H25N3O6. The Morgan fingerprint density at radius 3 is 2.75 bits per heavy atom. The van der Waals surface area contributed by atoms with Gasteiger partial charge in [0.1, 0.15) is 40.4 Å². The summed E-state index contributed by atoms with van der Waals surface area (Å²) in [6.45, 7) is 3.50. The van der Waals surface area contributed by atoms with E-state index < -0.39 is 17.8 Å². The summed E-state index contributed by atoms with van der Waals surface area (Å²) in [4.78, 5) is 16.5. The molecule has 3 rings (SSSR count). The molecule has 9 nitrogen and oxygen atoms in total. The monoisotopic (exact) mass is 391 g/mol. The van der Waals surface area contributed by atoms with Crippen molar-refractivity contribution in [1.29, 1.82) is 0 Å². The highest BCUT2D eigenvalue weighted by Crippen LogP contribution is 2.43. The summed E-state index contributed by atoms with van der Waals surface area (Å²) in [7, 11) is 1.46. The predicted octanol–water partition coefficient (Wildman–Crippen LogP) is 0.573. The van der Waals surface area contributed by atoms with Crippen LogP contribution in [-0.4, -0.2) is 41.5 Å². The highest BCUT2D eigenvalue weighted by atomic mass is 16.5. The van der Waals surface area contributed by atoms with Gasteiger partial charge in [0, 0.05) is 37.1 Å². The van der Waals surface area contributed by atoms with Crippen molar-refractivity contribution in [2.75, 3.05) is 13.7 Å². The smallest absolute Gasteiger partial charge is 0.196 e. The maximum absolute atomic E-state index is 12.7. The van der Waals surface area contributed by atoms with Gasteiger partial charge in [-0.2, -0.15) is 0 Å². The van der Waals surface area contributed by atoms with Crippen LogP contribution in [0.5, 0.6) is 11.5 Å². The van der Waals surface area contributed by atoms with Crippen molar-refractivity contribution < 1.29 is 24.1 Å². The Balaban J connectivity index is 2.03. The first-order valence-corrected chi connectivity index (χ1v) is 8.92. The number of hydrogen-bond acceptors (Lipinski definition) is 7. The van der Waals surface area contributed by atoms with Crippen LogP contribution in [0.2, 0.25) is 0 Å². The molecule has 1 aromatic carbocycles. The lowest BCUT2D eigenvalue weighted by Gasteiger charge is -2.24. The first kappa shape index (κ1) is 20.0. The van der Waals surface area contributed by atoms with Crippen LogP contribution in [0.15, 0.2) is 26.3 Å². The molecule has 0 unspecified atom stereocenters. The van der Waals surface area contributed by atoms with E-state index in [1.54, 1.807) is 19.9 Å². The highest BCUT2D eigenvalue weighted by molar-refractivity contribution is 5.87. The molecule has 1 aliphatic heterocycles. The average molecular weight is 391 g/mol. The third-order valence-corrected chi connectivity index (χ3v) is 4.73. The van der Waals surface area contributed by atoms with Gasteiger partial charge in [-0.3, -0.25) is 9.79 Å². The van der Waals surface area contributed by atoms with E-state index in [4.69, 9.17) is 25.4 Å². The minimum atomic E-state index is -1.07. The molecule has 0 saturated heterocycles. The number of aliphatic hydroxyl groups is 2. The van der Waals surface area contributed by atoms with Crippen molar-refractivity contribution >= 4 is 16.9 Å². The van der Waals surface area contributed by atoms with Crippen molar-refractivity contribution in [2.45, 2.75) is 44.5 Å². The molecule has 1 aromatic heterocycles. The van der Waals surface area contributed by atoms with E-state index in [9.17, 15) is 15.0 Å². The number of fused-ring (bicyclic) bond motifs is 2. The highest BCUT2D eigenvalue weighted by Gasteiger charge is 2.37. The Morgan fingerprint density at radius 2 is 2.14 bits per heavy atom. The Hall–Kier alpha value is -2.78. The van der Waals surface area contributed by atoms with Crippen LogP contribution in [0.3, 0.4) is 0 Å². The summed E-state index contributed by atoms with van der Waals surface area (Å²) in [6, 6.07) is 2.83. The van der Waals surface area contributed by atoms with Gasteiger partial charge in [-0.15, -0.1) is 0 Å². The minimum absolute atomic E-state index is 0.0778. The van der Waals surface area contributed by atoms with Crippen LogP contribution in [0.25, 0.3) is 11.0 Å². The third kappa shape index (κ3) is 3.76. The molecular weight excluding hydrogens is 366 g/mol. The lowest BCUT2D eigenvalue weighted by Crippen LogP contribution is -2.39. The normalized spacial score (nSPS) is 17.1. The predicted molar refractivity (Wildman–Crippen MR) is 104 cm³/mol. The third-order valence-electron chi connectivity index (χ3n) is 4.73. The van der Waals surface area contributed by atoms with Gasteiger partial charge in [-0.05, 0) is 13.8 Å². The standard InChI is InChI=1S/C19H25N3O6/c1-19(2,25)15-6-9-12(28-15)8-14-16(17(9)26-3)11(24)7-13(27-14)10(23)4-5-22-18(20)21/h7-8,10,15,23,25H,4-6H2,1-3H3,(H4,20,21,22)/t10-,15-/m1/s1. The molecule has 0 radical (unpaired) electrons. The van der Waals surface area contributed by atoms with E-state index in [1.807, 2.05) is 0 Å². The van der Waals surface area contributed by atoms with E-state index >= 15 is 0 Å². The Morgan fingerprint density at radius 1 is 1.43 bits per heavy atom. The number of aliphatic imine (C=N–C) groups is 1. The van der Waals surface area contributed by atoms with Crippen LogP contribution in [-0.2, 0) is 6.42 Å². The molecule has 0 aliphatic carbocycles. The van der Waals surface area contributed by atoms with Gasteiger partial charge in [0.15, 0.2) is 11.4 Å². The number of benzene rings is 1. The molecule has 6 N–H and O–H groups in total. The van der Waals surface area contributed by atoms with Crippen molar-refractivity contribution in [2.24, 2.45) is 16.5 Å². The summed E-state index contributed by atoms with van der Waals surface area (Å²) in [6.07, 6.45) is -0.941. The van der Waals surface area contributed by atoms with Gasteiger partial charge in [0.05, 0.1) is 12.7 Å². The molecule has 1 aliphatic rings. The number of nitrogens with zero attached hydrogens (tertiary/aromatic N) is 1. The molecule has 0 saturated carbocycles. The fourth-order valence-corrected chi connectivity index (χ4v) is 3.25. The quantitative estimate of drug-likeness (QED) is 0.412. The second kappa shape index (κ2) is 7.33. The van der Waals surface area contributed by atoms with Crippen molar-refractivity contribution in [3.63, 3.8) is 0 Å². The Bertz CT molecular complexity index is 972. The van der Waals surface area contributed by atoms with Gasteiger partial charge < -0.3 is 35.6 Å². The summed E-state index contributed by atoms with van der Waals surface area (Å²) in [5, 5.41) is 20.8. The molecule has 2 aromatic rings. The number of rotatable bonds is 6. The molecule has 2 atom stereocenters. The number of nitrogens with two attached hydrogens (primary N) is 2. The topological polar surface area (TPSA) is 154 Å². The van der Waals surface area contributed by atoms with Crippen molar-refractivity contribution in [3.8, 4) is 11.5 Å². The number of hydrogen-bond donors (Lipinski definition) is 4. The van der Waals surface area contributed by atoms with Crippen LogP contribution >= 0.6 is 0 Å². The molecule has 28 heavy (non-hydrogen) atoms. The van der Waals surface area contributed by atoms with Gasteiger partial charge in [0.2, 0.25) is 0 Å². The summed E-state index contributed by atoms with van der Waals surface area (Å²) < 4.78 is 17.1. The lowest BCUT2D eigenvalue weighted by atomic mass is 9.96. The fraction of sp³-hybridized carbons (Fsp3) is 0.474. The Labute approximate surface area is 161 Å². The summed E-state index contributed by atoms with van der Waals surface area (Å²) >= 11 is 0. The Kier molecular flexibility index (Phi) is 5.22. The second-order valence-electron chi connectivity index (χ2n) is 7.35. The summed E-state index contributed by atoms with van der Waals surface area (Å²) in [5.41, 5.74) is 10.1. The first-order chi connectivity index (χ1) is 13.1. The number of ether oxygens (including phenoxy) is 2. The van der Waals surface area contributed by atoms with E-state index in [1.165, 1.54) is 13.2 Å². The van der Waals surface area contributed by atoms with Crippen molar-refractivity contribution in [3.05, 3.63) is 33.7 Å². The molecule has 0 spiro atoms. The second-order valence-corrected chi connectivity index (χ2v) is 7.35. The zero-order valence-electron chi connectivity index (χ0n) is 16.1. The molecule has 0 bridgehead atoms. The van der Waals surface area contributed by atoms with Crippen LogP contribution < -0.4 is 26.4 Å². The maximum Gasteiger partial charge on any atom is 0.196 e. The van der Waals surface area contributed by atoms with Crippen LogP contribution in [0, 0.1) is 0 Å². The molecule has 9 heteroatoms. The van der Waals surface area contributed by atoms with Crippen LogP contribution in [0.1, 0.15) is 37.7 Å². The molecule has 0 fully saturated rings.